The first-order chi connectivity index (χ1) is 42.3. The number of aliphatic carboxylic acids is 3. The largest absolute Gasteiger partial charge is 0.483 e. The Balaban J connectivity index is 0.00000117. The van der Waals surface area contributed by atoms with Crippen LogP contribution in [0.15, 0.2) is 115 Å². The fourth-order valence-electron chi connectivity index (χ4n) is 10.3. The average molecular weight is 1520 g/mol. The second kappa shape index (κ2) is 45.2. The number of ketones is 4. The van der Waals surface area contributed by atoms with E-state index in [0.29, 0.717) is 94.3 Å². The maximum absolute atomic E-state index is 12.6. The van der Waals surface area contributed by atoms with Gasteiger partial charge in [0.25, 0.3) is 6.47 Å². The van der Waals surface area contributed by atoms with Crippen LogP contribution in [-0.4, -0.2) is 79.5 Å². The van der Waals surface area contributed by atoms with E-state index in [2.05, 4.69) is 77.6 Å². The van der Waals surface area contributed by atoms with Gasteiger partial charge >= 0.3 is 23.9 Å². The Morgan fingerprint density at radius 2 is 0.549 bits per heavy atom. The van der Waals surface area contributed by atoms with Crippen LogP contribution in [0.4, 0.5) is 0 Å². The molecular formula is C73H102Br4O14. The maximum atomic E-state index is 12.6. The molecule has 4 aromatic carbocycles. The van der Waals surface area contributed by atoms with Gasteiger partial charge in [-0.2, -0.15) is 0 Å². The van der Waals surface area contributed by atoms with Crippen LogP contribution >= 0.6 is 63.7 Å². The predicted molar refractivity (Wildman–Crippen MR) is 376 cm³/mol. The topological polar surface area (TPSA) is 244 Å². The number of carboxylic acids is 3. The Morgan fingerprint density at radius 1 is 0.374 bits per heavy atom. The summed E-state index contributed by atoms with van der Waals surface area (Å²) in [5.74, 6) is -2.81. The molecule has 506 valence electrons. The van der Waals surface area contributed by atoms with Crippen LogP contribution in [0.25, 0.3) is 0 Å². The van der Waals surface area contributed by atoms with E-state index in [-0.39, 0.29) is 65.2 Å². The van der Waals surface area contributed by atoms with Crippen LogP contribution in [0.1, 0.15) is 177 Å². The fourth-order valence-corrected chi connectivity index (χ4v) is 11.4. The molecule has 0 amide bonds. The Hall–Kier alpha value is -5.17. The third-order valence-corrected chi connectivity index (χ3v) is 16.9. The van der Waals surface area contributed by atoms with Crippen molar-refractivity contribution in [2.45, 2.75) is 187 Å². The molecule has 8 atom stereocenters. The highest BCUT2D eigenvalue weighted by Crippen LogP contribution is 2.30. The number of halogens is 4. The van der Waals surface area contributed by atoms with Crippen molar-refractivity contribution >= 4 is 117 Å². The van der Waals surface area contributed by atoms with Gasteiger partial charge in [-0.05, 0) is 165 Å². The Labute approximate surface area is 576 Å². The number of hydrogen-bond donors (Lipinski definition) is 4. The molecular weight excluding hydrogens is 1420 g/mol. The molecule has 0 saturated carbocycles. The van der Waals surface area contributed by atoms with E-state index in [9.17, 15) is 53.7 Å². The van der Waals surface area contributed by atoms with Gasteiger partial charge in [-0.15, -0.1) is 0 Å². The van der Waals surface area contributed by atoms with E-state index in [1.807, 2.05) is 187 Å². The van der Waals surface area contributed by atoms with Gasteiger partial charge in [-0.1, -0.05) is 195 Å². The molecule has 0 spiro atoms. The molecule has 4 rings (SSSR count). The third kappa shape index (κ3) is 40.5. The van der Waals surface area contributed by atoms with Gasteiger partial charge in [0, 0.05) is 69.3 Å². The number of benzene rings is 4. The third-order valence-electron chi connectivity index (χ3n) is 14.8. The summed E-state index contributed by atoms with van der Waals surface area (Å²) in [6.45, 7) is 29.2. The van der Waals surface area contributed by atoms with Crippen molar-refractivity contribution < 1.29 is 68.3 Å². The van der Waals surface area contributed by atoms with Gasteiger partial charge in [0.05, 0.1) is 23.7 Å². The van der Waals surface area contributed by atoms with Gasteiger partial charge in [-0.3, -0.25) is 43.2 Å². The van der Waals surface area contributed by atoms with Gasteiger partial charge in [0.15, 0.2) is 0 Å². The molecule has 0 heterocycles. The van der Waals surface area contributed by atoms with E-state index in [1.54, 1.807) is 0 Å². The van der Waals surface area contributed by atoms with Crippen molar-refractivity contribution in [3.05, 3.63) is 137 Å². The molecule has 18 heteroatoms. The minimum absolute atomic E-state index is 0.0276. The molecule has 8 unspecified atom stereocenters. The van der Waals surface area contributed by atoms with Crippen molar-refractivity contribution in [3.63, 3.8) is 0 Å². The summed E-state index contributed by atoms with van der Waals surface area (Å²) >= 11 is 13.5. The van der Waals surface area contributed by atoms with Crippen molar-refractivity contribution in [2.24, 2.45) is 71.0 Å². The second-order valence-corrected chi connectivity index (χ2v) is 30.4. The number of Topliss-reactive ketones (excluding diaryl/α,β-unsaturated/α-hetero) is 4. The Kier molecular flexibility index (Phi) is 42.6. The van der Waals surface area contributed by atoms with Crippen molar-refractivity contribution in [1.29, 1.82) is 0 Å². The van der Waals surface area contributed by atoms with Crippen LogP contribution in [0.5, 0.6) is 0 Å². The summed E-state index contributed by atoms with van der Waals surface area (Å²) < 4.78 is 9.52. The average Bonchev–Trinajstić information content (AvgIpc) is 2.57. The summed E-state index contributed by atoms with van der Waals surface area (Å²) in [5, 5.41) is 34.8. The van der Waals surface area contributed by atoms with E-state index >= 15 is 0 Å². The molecule has 0 aliphatic rings. The summed E-state index contributed by atoms with van der Waals surface area (Å²) in [7, 11) is 0. The van der Waals surface area contributed by atoms with Crippen molar-refractivity contribution in [2.75, 3.05) is 0 Å². The molecule has 4 N–H and O–H groups in total. The lowest BCUT2D eigenvalue weighted by Gasteiger charge is -2.28. The van der Waals surface area contributed by atoms with E-state index in [0.717, 1.165) is 46.6 Å². The highest BCUT2D eigenvalue weighted by Gasteiger charge is 2.33. The minimum Gasteiger partial charge on any atom is -0.483 e. The lowest BCUT2D eigenvalue weighted by molar-refractivity contribution is -0.163. The van der Waals surface area contributed by atoms with Crippen LogP contribution in [0, 0.1) is 71.0 Å². The standard InChI is InChI=1S/C21H31BrO3.3C17H23BrO3.CH2O2/c1-14(2)11-19(20(24)25-21(4,5)6)15(3)12-18(23)13-16-7-9-17(22)10-8-16;3*1-11(2)8-16(17(20)21)12(3)9-15(19)10-13-4-6-14(18)7-5-13;2-1-3/h7-10,14-15,19H,11-13H2,1-6H3;3*4-7,11-12,16H,8-10H2,1-3H3,(H,20,21);1H,(H,2,3). The van der Waals surface area contributed by atoms with Crippen molar-refractivity contribution in [1.82, 2.24) is 0 Å². The van der Waals surface area contributed by atoms with E-state index < -0.39 is 41.3 Å². The Bertz CT molecular complexity index is 2610. The van der Waals surface area contributed by atoms with Gasteiger partial charge in [0.2, 0.25) is 0 Å². The molecule has 91 heavy (non-hydrogen) atoms. The maximum Gasteiger partial charge on any atom is 0.309 e. The Morgan fingerprint density at radius 3 is 0.714 bits per heavy atom. The summed E-state index contributed by atoms with van der Waals surface area (Å²) in [6.07, 6.45) is 5.43. The molecule has 0 aliphatic carbocycles. The molecule has 0 aliphatic heterocycles. The minimum atomic E-state index is -0.798. The first-order valence-electron chi connectivity index (χ1n) is 31.3. The molecule has 0 aromatic heterocycles. The van der Waals surface area contributed by atoms with Crippen LogP contribution in [0.3, 0.4) is 0 Å². The first-order valence-corrected chi connectivity index (χ1v) is 34.5. The van der Waals surface area contributed by atoms with E-state index in [1.165, 1.54) is 0 Å². The number of carbonyl (C=O) groups excluding carboxylic acids is 5. The molecule has 0 bridgehead atoms. The SMILES string of the molecule is CC(C)CC(C(=O)O)C(C)CC(=O)Cc1ccc(Br)cc1.CC(C)CC(C(=O)O)C(C)CC(=O)Cc1ccc(Br)cc1.CC(C)CC(C(=O)O)C(C)CC(=O)Cc1ccc(Br)cc1.CC(C)CC(C(=O)OC(C)(C)C)C(C)CC(=O)Cc1ccc(Br)cc1.O=CO. The number of carboxylic acid groups (broad SMARTS) is 4. The molecule has 4 aromatic rings. The summed E-state index contributed by atoms with van der Waals surface area (Å²) in [6, 6.07) is 30.7. The van der Waals surface area contributed by atoms with Gasteiger partial charge in [0.1, 0.15) is 28.7 Å². The number of ether oxygens (including phenoxy) is 1. The monoisotopic (exact) mass is 1520 g/mol. The van der Waals surface area contributed by atoms with Gasteiger partial charge in [-0.25, -0.2) is 0 Å². The highest BCUT2D eigenvalue weighted by atomic mass is 79.9. The number of hydrogen-bond acceptors (Lipinski definition) is 10. The molecule has 0 fully saturated rings. The molecule has 0 saturated heterocycles. The zero-order valence-corrected chi connectivity index (χ0v) is 62.5. The summed E-state index contributed by atoms with van der Waals surface area (Å²) in [4.78, 5) is 104. The lowest BCUT2D eigenvalue weighted by Crippen LogP contribution is -2.33. The zero-order chi connectivity index (χ0) is 69.9. The first kappa shape index (κ1) is 85.8. The number of esters is 1. The quantitative estimate of drug-likeness (QED) is 0.0263. The van der Waals surface area contributed by atoms with E-state index in [4.69, 9.17) is 14.6 Å². The van der Waals surface area contributed by atoms with Crippen LogP contribution in [0.2, 0.25) is 0 Å². The number of rotatable bonds is 32. The fraction of sp³-hybridized carbons (Fsp3) is 0.548. The molecule has 14 nitrogen and oxygen atoms in total. The summed E-state index contributed by atoms with van der Waals surface area (Å²) in [5.41, 5.74) is 3.38. The lowest BCUT2D eigenvalue weighted by atomic mass is 9.83. The van der Waals surface area contributed by atoms with Crippen LogP contribution < -0.4 is 0 Å². The van der Waals surface area contributed by atoms with Gasteiger partial charge < -0.3 is 25.2 Å². The zero-order valence-electron chi connectivity index (χ0n) is 56.1. The normalized spacial score (nSPS) is 13.7. The smallest absolute Gasteiger partial charge is 0.309 e. The highest BCUT2D eigenvalue weighted by molar-refractivity contribution is 9.11. The van der Waals surface area contributed by atoms with Crippen molar-refractivity contribution in [3.8, 4) is 0 Å². The molecule has 0 radical (unpaired) electrons. The number of carbonyl (C=O) groups is 9. The second-order valence-electron chi connectivity index (χ2n) is 26.7. The predicted octanol–water partition coefficient (Wildman–Crippen LogP) is 18.3. The van der Waals surface area contributed by atoms with Crippen LogP contribution in [-0.2, 0) is 73.6 Å².